The minimum atomic E-state index is -3.82. The Bertz CT molecular complexity index is 784. The van der Waals surface area contributed by atoms with Crippen molar-refractivity contribution in [1.82, 2.24) is 0 Å². The van der Waals surface area contributed by atoms with Crippen molar-refractivity contribution in [3.63, 3.8) is 0 Å². The van der Waals surface area contributed by atoms with E-state index in [0.29, 0.717) is 5.56 Å². The van der Waals surface area contributed by atoms with Crippen molar-refractivity contribution in [3.8, 4) is 0 Å². The number of ether oxygens (including phenoxy) is 1. The number of sulfonamides is 1. The Morgan fingerprint density at radius 2 is 1.61 bits per heavy atom. The van der Waals surface area contributed by atoms with E-state index in [1.54, 1.807) is 13.8 Å². The van der Waals surface area contributed by atoms with Crippen molar-refractivity contribution in [1.29, 1.82) is 0 Å². The lowest BCUT2D eigenvalue weighted by atomic mass is 10.2. The van der Waals surface area contributed by atoms with E-state index in [0.717, 1.165) is 12.1 Å². The molecular weight excluding hydrogens is 321 g/mol. The number of hydrogen-bond donors (Lipinski definition) is 1. The molecule has 0 fully saturated rings. The van der Waals surface area contributed by atoms with Crippen LogP contribution in [0, 0.1) is 5.82 Å². The van der Waals surface area contributed by atoms with Crippen LogP contribution in [0.4, 0.5) is 10.1 Å². The zero-order valence-electron chi connectivity index (χ0n) is 12.6. The van der Waals surface area contributed by atoms with Crippen LogP contribution in [0.2, 0.25) is 0 Å². The van der Waals surface area contributed by atoms with Gasteiger partial charge in [-0.15, -0.1) is 0 Å². The molecule has 2 rings (SSSR count). The number of benzene rings is 2. The molecule has 0 atom stereocenters. The first-order chi connectivity index (χ1) is 10.8. The molecule has 0 heterocycles. The normalized spacial score (nSPS) is 11.3. The van der Waals surface area contributed by atoms with E-state index in [4.69, 9.17) is 4.74 Å². The third kappa shape index (κ3) is 4.53. The van der Waals surface area contributed by atoms with Gasteiger partial charge in [0.2, 0.25) is 0 Å². The molecule has 0 saturated carbocycles. The van der Waals surface area contributed by atoms with Gasteiger partial charge >= 0.3 is 5.97 Å². The summed E-state index contributed by atoms with van der Waals surface area (Å²) in [6.45, 7) is 3.48. The van der Waals surface area contributed by atoms with Crippen LogP contribution in [-0.2, 0) is 14.8 Å². The second kappa shape index (κ2) is 6.78. The van der Waals surface area contributed by atoms with Crippen molar-refractivity contribution in [2.75, 3.05) is 4.72 Å². The van der Waals surface area contributed by atoms with Gasteiger partial charge < -0.3 is 4.74 Å². The first-order valence-electron chi connectivity index (χ1n) is 6.87. The fourth-order valence-corrected chi connectivity index (χ4v) is 2.84. The van der Waals surface area contributed by atoms with Crippen LogP contribution in [0.5, 0.6) is 0 Å². The molecule has 0 radical (unpaired) electrons. The molecule has 0 saturated heterocycles. The molecule has 2 aromatic rings. The number of nitrogens with one attached hydrogen (secondary N) is 1. The number of halogens is 1. The molecule has 122 valence electrons. The predicted octanol–water partition coefficient (Wildman–Crippen LogP) is 3.19. The van der Waals surface area contributed by atoms with Gasteiger partial charge in [-0.3, -0.25) is 4.72 Å². The van der Waals surface area contributed by atoms with Crippen molar-refractivity contribution in [2.45, 2.75) is 24.8 Å². The summed E-state index contributed by atoms with van der Waals surface area (Å²) >= 11 is 0. The highest BCUT2D eigenvalue weighted by Crippen LogP contribution is 2.17. The lowest BCUT2D eigenvalue weighted by Gasteiger charge is -2.10. The second-order valence-electron chi connectivity index (χ2n) is 5.09. The van der Waals surface area contributed by atoms with Gasteiger partial charge in [0.15, 0.2) is 0 Å². The highest BCUT2D eigenvalue weighted by atomic mass is 32.2. The number of hydrogen-bond acceptors (Lipinski definition) is 4. The Balaban J connectivity index is 2.14. The Morgan fingerprint density at radius 1 is 1.04 bits per heavy atom. The van der Waals surface area contributed by atoms with Crippen LogP contribution >= 0.6 is 0 Å². The van der Waals surface area contributed by atoms with E-state index in [9.17, 15) is 17.6 Å². The van der Waals surface area contributed by atoms with Crippen LogP contribution in [0.1, 0.15) is 24.2 Å². The monoisotopic (exact) mass is 337 g/mol. The third-order valence-electron chi connectivity index (χ3n) is 2.84. The van der Waals surface area contributed by atoms with Crippen LogP contribution in [0.3, 0.4) is 0 Å². The average molecular weight is 337 g/mol. The summed E-state index contributed by atoms with van der Waals surface area (Å²) in [5.74, 6) is -0.995. The van der Waals surface area contributed by atoms with Gasteiger partial charge in [0.25, 0.3) is 10.0 Å². The molecule has 0 aromatic heterocycles. The molecule has 0 unspecified atom stereocenters. The molecule has 2 aromatic carbocycles. The van der Waals surface area contributed by atoms with E-state index < -0.39 is 21.8 Å². The van der Waals surface area contributed by atoms with Crippen molar-refractivity contribution < 1.29 is 22.3 Å². The van der Waals surface area contributed by atoms with E-state index >= 15 is 0 Å². The molecule has 0 bridgehead atoms. The zero-order chi connectivity index (χ0) is 17.0. The Kier molecular flexibility index (Phi) is 5.00. The largest absolute Gasteiger partial charge is 0.459 e. The van der Waals surface area contributed by atoms with Crippen molar-refractivity contribution >= 4 is 21.7 Å². The van der Waals surface area contributed by atoms with E-state index in [-0.39, 0.29) is 16.7 Å². The zero-order valence-corrected chi connectivity index (χ0v) is 13.4. The van der Waals surface area contributed by atoms with E-state index in [2.05, 4.69) is 4.72 Å². The maximum Gasteiger partial charge on any atom is 0.338 e. The van der Waals surface area contributed by atoms with Crippen LogP contribution in [0.25, 0.3) is 0 Å². The third-order valence-corrected chi connectivity index (χ3v) is 4.24. The molecule has 0 amide bonds. The molecular formula is C16H16FNO4S. The molecule has 0 aliphatic heterocycles. The van der Waals surface area contributed by atoms with Gasteiger partial charge in [-0.25, -0.2) is 17.6 Å². The molecule has 1 N–H and O–H groups in total. The summed E-state index contributed by atoms with van der Waals surface area (Å²) in [6, 6.07) is 10.3. The van der Waals surface area contributed by atoms with Gasteiger partial charge in [-0.2, -0.15) is 0 Å². The molecule has 23 heavy (non-hydrogen) atoms. The summed E-state index contributed by atoms with van der Waals surface area (Å²) in [4.78, 5) is 11.7. The van der Waals surface area contributed by atoms with Crippen molar-refractivity contribution in [3.05, 3.63) is 59.9 Å². The summed E-state index contributed by atoms with van der Waals surface area (Å²) in [7, 11) is -3.82. The van der Waals surface area contributed by atoms with Crippen molar-refractivity contribution in [2.24, 2.45) is 0 Å². The fourth-order valence-electron chi connectivity index (χ4n) is 1.78. The standard InChI is InChI=1S/C16H16FNO4S/c1-11(2)22-16(19)12-3-7-14(8-4-12)18-23(20,21)15-9-5-13(17)6-10-15/h3-11,18H,1-2H3. The Labute approximate surface area is 134 Å². The SMILES string of the molecule is CC(C)OC(=O)c1ccc(NS(=O)(=O)c2ccc(F)cc2)cc1. The van der Waals surface area contributed by atoms with Crippen LogP contribution in [-0.4, -0.2) is 20.5 Å². The van der Waals surface area contributed by atoms with Crippen LogP contribution < -0.4 is 4.72 Å². The van der Waals surface area contributed by atoms with Crippen LogP contribution in [0.15, 0.2) is 53.4 Å². The van der Waals surface area contributed by atoms with E-state index in [1.807, 2.05) is 0 Å². The Morgan fingerprint density at radius 3 is 2.13 bits per heavy atom. The smallest absolute Gasteiger partial charge is 0.338 e. The lowest BCUT2D eigenvalue weighted by Crippen LogP contribution is -2.14. The quantitative estimate of drug-likeness (QED) is 0.851. The topological polar surface area (TPSA) is 72.5 Å². The molecule has 0 aliphatic rings. The maximum atomic E-state index is 12.9. The van der Waals surface area contributed by atoms with Gasteiger partial charge in [0.1, 0.15) is 5.82 Å². The summed E-state index contributed by atoms with van der Waals surface area (Å²) in [6.07, 6.45) is -0.237. The minimum absolute atomic E-state index is 0.0535. The highest BCUT2D eigenvalue weighted by Gasteiger charge is 2.15. The first kappa shape index (κ1) is 17.0. The lowest BCUT2D eigenvalue weighted by molar-refractivity contribution is 0.0378. The predicted molar refractivity (Wildman–Crippen MR) is 84.2 cm³/mol. The number of esters is 1. The number of carbonyl (C=O) groups excluding carboxylic acids is 1. The summed E-state index contributed by atoms with van der Waals surface area (Å²) in [5.41, 5.74) is 0.610. The highest BCUT2D eigenvalue weighted by molar-refractivity contribution is 7.92. The average Bonchev–Trinajstić information content (AvgIpc) is 2.47. The number of anilines is 1. The maximum absolute atomic E-state index is 12.9. The Hall–Kier alpha value is -2.41. The second-order valence-corrected chi connectivity index (χ2v) is 6.77. The summed E-state index contributed by atoms with van der Waals surface area (Å²) < 4.78 is 44.6. The minimum Gasteiger partial charge on any atom is -0.459 e. The molecule has 7 heteroatoms. The van der Waals surface area contributed by atoms with Gasteiger partial charge in [0.05, 0.1) is 16.6 Å². The van der Waals surface area contributed by atoms with Gasteiger partial charge in [-0.1, -0.05) is 0 Å². The first-order valence-corrected chi connectivity index (χ1v) is 8.36. The molecule has 0 spiro atoms. The van der Waals surface area contributed by atoms with Gasteiger partial charge in [-0.05, 0) is 62.4 Å². The van der Waals surface area contributed by atoms with E-state index in [1.165, 1.54) is 36.4 Å². The van der Waals surface area contributed by atoms with Gasteiger partial charge in [0, 0.05) is 5.69 Å². The summed E-state index contributed by atoms with van der Waals surface area (Å²) in [5, 5.41) is 0. The molecule has 0 aliphatic carbocycles. The number of carbonyl (C=O) groups is 1. The molecule has 5 nitrogen and oxygen atoms in total. The number of rotatable bonds is 5. The fraction of sp³-hybridized carbons (Fsp3) is 0.188.